The lowest BCUT2D eigenvalue weighted by atomic mass is 10.1. The van der Waals surface area contributed by atoms with E-state index in [-0.39, 0.29) is 0 Å². The van der Waals surface area contributed by atoms with E-state index >= 15 is 0 Å². The molecule has 0 saturated carbocycles. The van der Waals surface area contributed by atoms with Gasteiger partial charge in [-0.2, -0.15) is 0 Å². The van der Waals surface area contributed by atoms with Gasteiger partial charge in [0.05, 0.1) is 6.04 Å². The Bertz CT molecular complexity index is 478. The van der Waals surface area contributed by atoms with Gasteiger partial charge >= 0.3 is 0 Å². The molecule has 0 fully saturated rings. The predicted molar refractivity (Wildman–Crippen MR) is 68.6 cm³/mol. The van der Waals surface area contributed by atoms with E-state index in [1.54, 1.807) is 0 Å². The summed E-state index contributed by atoms with van der Waals surface area (Å²) in [5, 5.41) is 0. The summed E-state index contributed by atoms with van der Waals surface area (Å²) in [7, 11) is 0. The van der Waals surface area contributed by atoms with Gasteiger partial charge in [-0.1, -0.05) is 12.1 Å². The molecule has 1 aromatic carbocycles. The second-order valence-corrected chi connectivity index (χ2v) is 4.33. The van der Waals surface area contributed by atoms with Crippen molar-refractivity contribution in [3.05, 3.63) is 53.3 Å². The summed E-state index contributed by atoms with van der Waals surface area (Å²) < 4.78 is 2.33. The van der Waals surface area contributed by atoms with Gasteiger partial charge in [-0.15, -0.1) is 0 Å². The SMILES string of the molecule is Cc1ccc(C)n1C(C)c1cccc(N)c1. The molecule has 2 aromatic rings. The molecule has 0 amide bonds. The summed E-state index contributed by atoms with van der Waals surface area (Å²) >= 11 is 0. The molecule has 1 heterocycles. The van der Waals surface area contributed by atoms with Crippen molar-refractivity contribution in [2.24, 2.45) is 0 Å². The highest BCUT2D eigenvalue weighted by Crippen LogP contribution is 2.23. The minimum absolute atomic E-state index is 0.332. The van der Waals surface area contributed by atoms with E-state index in [0.29, 0.717) is 6.04 Å². The van der Waals surface area contributed by atoms with Crippen LogP contribution in [-0.4, -0.2) is 4.57 Å². The maximum absolute atomic E-state index is 5.82. The minimum Gasteiger partial charge on any atom is -0.399 e. The van der Waals surface area contributed by atoms with E-state index in [9.17, 15) is 0 Å². The Kier molecular flexibility index (Phi) is 2.73. The van der Waals surface area contributed by atoms with Gasteiger partial charge in [-0.25, -0.2) is 0 Å². The first-order valence-electron chi connectivity index (χ1n) is 5.59. The maximum Gasteiger partial charge on any atom is 0.0557 e. The second kappa shape index (κ2) is 4.05. The minimum atomic E-state index is 0.332. The summed E-state index contributed by atoms with van der Waals surface area (Å²) in [6, 6.07) is 12.7. The van der Waals surface area contributed by atoms with Crippen LogP contribution in [0.15, 0.2) is 36.4 Å². The van der Waals surface area contributed by atoms with E-state index in [1.165, 1.54) is 17.0 Å². The quantitative estimate of drug-likeness (QED) is 0.764. The molecule has 0 bridgehead atoms. The first-order chi connectivity index (χ1) is 7.59. The molecule has 0 radical (unpaired) electrons. The van der Waals surface area contributed by atoms with E-state index in [2.05, 4.69) is 43.5 Å². The van der Waals surface area contributed by atoms with Crippen LogP contribution in [0.4, 0.5) is 5.69 Å². The van der Waals surface area contributed by atoms with Crippen molar-refractivity contribution >= 4 is 5.69 Å². The van der Waals surface area contributed by atoms with Crippen LogP contribution in [0.3, 0.4) is 0 Å². The highest BCUT2D eigenvalue weighted by atomic mass is 15.0. The van der Waals surface area contributed by atoms with E-state index in [0.717, 1.165) is 5.69 Å². The van der Waals surface area contributed by atoms with E-state index in [1.807, 2.05) is 18.2 Å². The molecule has 2 rings (SSSR count). The van der Waals surface area contributed by atoms with Crippen LogP contribution < -0.4 is 5.73 Å². The third-order valence-corrected chi connectivity index (χ3v) is 3.11. The summed E-state index contributed by atoms with van der Waals surface area (Å²) in [5.74, 6) is 0. The molecule has 16 heavy (non-hydrogen) atoms. The van der Waals surface area contributed by atoms with Crippen molar-refractivity contribution < 1.29 is 0 Å². The largest absolute Gasteiger partial charge is 0.399 e. The molecule has 2 N–H and O–H groups in total. The molecule has 2 heteroatoms. The van der Waals surface area contributed by atoms with Crippen molar-refractivity contribution in [2.75, 3.05) is 5.73 Å². The molecular formula is C14H18N2. The summed E-state index contributed by atoms with van der Waals surface area (Å²) in [5.41, 5.74) is 10.5. The Balaban J connectivity index is 2.43. The Labute approximate surface area is 96.7 Å². The molecule has 84 valence electrons. The van der Waals surface area contributed by atoms with Crippen molar-refractivity contribution in [1.29, 1.82) is 0 Å². The smallest absolute Gasteiger partial charge is 0.0557 e. The second-order valence-electron chi connectivity index (χ2n) is 4.33. The van der Waals surface area contributed by atoms with Gasteiger partial charge in [0.2, 0.25) is 0 Å². The van der Waals surface area contributed by atoms with Crippen molar-refractivity contribution in [2.45, 2.75) is 26.8 Å². The maximum atomic E-state index is 5.82. The van der Waals surface area contributed by atoms with E-state index < -0.39 is 0 Å². The lowest BCUT2D eigenvalue weighted by Gasteiger charge is -2.19. The average molecular weight is 214 g/mol. The monoisotopic (exact) mass is 214 g/mol. The van der Waals surface area contributed by atoms with Crippen LogP contribution in [0.5, 0.6) is 0 Å². The Morgan fingerprint density at radius 1 is 1.06 bits per heavy atom. The topological polar surface area (TPSA) is 30.9 Å². The van der Waals surface area contributed by atoms with Gasteiger partial charge < -0.3 is 10.3 Å². The van der Waals surface area contributed by atoms with E-state index in [4.69, 9.17) is 5.73 Å². The summed E-state index contributed by atoms with van der Waals surface area (Å²) in [4.78, 5) is 0. The zero-order valence-corrected chi connectivity index (χ0v) is 10.1. The molecule has 1 atom stereocenters. The fourth-order valence-electron chi connectivity index (χ4n) is 2.26. The van der Waals surface area contributed by atoms with Gasteiger partial charge in [-0.05, 0) is 50.6 Å². The average Bonchev–Trinajstić information content (AvgIpc) is 2.58. The van der Waals surface area contributed by atoms with Gasteiger partial charge in [0, 0.05) is 17.1 Å². The molecule has 1 unspecified atom stereocenters. The fraction of sp³-hybridized carbons (Fsp3) is 0.286. The number of aromatic nitrogens is 1. The molecule has 0 aliphatic carbocycles. The number of nitrogens with zero attached hydrogens (tertiary/aromatic N) is 1. The predicted octanol–water partition coefficient (Wildman–Crippen LogP) is 3.30. The van der Waals surface area contributed by atoms with Crippen LogP contribution in [0.1, 0.15) is 29.9 Å². The fourth-order valence-corrected chi connectivity index (χ4v) is 2.26. The lowest BCUT2D eigenvalue weighted by Crippen LogP contribution is -2.10. The molecule has 2 nitrogen and oxygen atoms in total. The number of hydrogen-bond donors (Lipinski definition) is 1. The van der Waals surface area contributed by atoms with Crippen LogP contribution in [0.2, 0.25) is 0 Å². The molecule has 0 aliphatic rings. The highest BCUT2D eigenvalue weighted by molar-refractivity contribution is 5.42. The number of benzene rings is 1. The molecule has 1 aromatic heterocycles. The molecule has 0 aliphatic heterocycles. The number of hydrogen-bond acceptors (Lipinski definition) is 1. The zero-order chi connectivity index (χ0) is 11.7. The third kappa shape index (κ3) is 1.83. The van der Waals surface area contributed by atoms with Crippen molar-refractivity contribution in [1.82, 2.24) is 4.57 Å². The van der Waals surface area contributed by atoms with Crippen molar-refractivity contribution in [3.8, 4) is 0 Å². The first-order valence-corrected chi connectivity index (χ1v) is 5.59. The first kappa shape index (κ1) is 10.8. The summed E-state index contributed by atoms with van der Waals surface area (Å²) in [6.45, 7) is 6.47. The van der Waals surface area contributed by atoms with Gasteiger partial charge in [0.1, 0.15) is 0 Å². The van der Waals surface area contributed by atoms with Crippen LogP contribution in [0.25, 0.3) is 0 Å². The number of aryl methyl sites for hydroxylation is 2. The van der Waals surface area contributed by atoms with Crippen LogP contribution >= 0.6 is 0 Å². The standard InChI is InChI=1S/C14H18N2/c1-10-7-8-11(2)16(10)12(3)13-5-4-6-14(15)9-13/h4-9,12H,15H2,1-3H3. The number of rotatable bonds is 2. The zero-order valence-electron chi connectivity index (χ0n) is 10.1. The van der Waals surface area contributed by atoms with Crippen LogP contribution in [-0.2, 0) is 0 Å². The normalized spacial score (nSPS) is 12.7. The third-order valence-electron chi connectivity index (χ3n) is 3.11. The van der Waals surface area contributed by atoms with Gasteiger partial charge in [-0.3, -0.25) is 0 Å². The lowest BCUT2D eigenvalue weighted by molar-refractivity contribution is 0.610. The molecule has 0 spiro atoms. The molecular weight excluding hydrogens is 196 g/mol. The number of nitrogen functional groups attached to an aromatic ring is 1. The Hall–Kier alpha value is -1.70. The van der Waals surface area contributed by atoms with Crippen molar-refractivity contribution in [3.63, 3.8) is 0 Å². The number of nitrogens with two attached hydrogens (primary N) is 1. The molecule has 0 saturated heterocycles. The van der Waals surface area contributed by atoms with Gasteiger partial charge in [0.15, 0.2) is 0 Å². The highest BCUT2D eigenvalue weighted by Gasteiger charge is 2.11. The van der Waals surface area contributed by atoms with Crippen LogP contribution in [0, 0.1) is 13.8 Å². The Morgan fingerprint density at radius 3 is 2.25 bits per heavy atom. The van der Waals surface area contributed by atoms with Gasteiger partial charge in [0.25, 0.3) is 0 Å². The summed E-state index contributed by atoms with van der Waals surface area (Å²) in [6.07, 6.45) is 0. The number of anilines is 1. The Morgan fingerprint density at radius 2 is 1.69 bits per heavy atom.